The molecule has 2 aliphatic heterocycles. The highest BCUT2D eigenvalue weighted by atomic mass is 19.1. The lowest BCUT2D eigenvalue weighted by Crippen LogP contribution is -2.51. The van der Waals surface area contributed by atoms with Crippen LogP contribution in [0.1, 0.15) is 44.1 Å². The molecule has 0 saturated carbocycles. The van der Waals surface area contributed by atoms with Gasteiger partial charge < -0.3 is 9.80 Å². The molecule has 0 spiro atoms. The third kappa shape index (κ3) is 4.32. The van der Waals surface area contributed by atoms with Crippen molar-refractivity contribution in [3.63, 3.8) is 0 Å². The van der Waals surface area contributed by atoms with E-state index in [4.69, 9.17) is 0 Å². The van der Waals surface area contributed by atoms with Gasteiger partial charge in [0.25, 0.3) is 0 Å². The normalized spacial score (nSPS) is 26.2. The summed E-state index contributed by atoms with van der Waals surface area (Å²) in [6, 6.07) is 6.82. The average Bonchev–Trinajstić information content (AvgIpc) is 2.91. The Hall–Kier alpha value is -1.95. The number of likely N-dealkylation sites (tertiary alicyclic amines) is 2. The Morgan fingerprint density at radius 1 is 1.22 bits per heavy atom. The molecular weight excluding hydrogens is 345 g/mol. The second-order valence-corrected chi connectivity index (χ2v) is 8.00. The number of benzene rings is 1. The lowest BCUT2D eigenvalue weighted by Gasteiger charge is -2.39. The van der Waals surface area contributed by atoms with Gasteiger partial charge in [-0.1, -0.05) is 25.0 Å². The molecule has 0 aliphatic carbocycles. The van der Waals surface area contributed by atoms with E-state index in [1.165, 1.54) is 6.07 Å². The van der Waals surface area contributed by atoms with Crippen molar-refractivity contribution in [2.45, 2.75) is 50.6 Å². The summed E-state index contributed by atoms with van der Waals surface area (Å²) in [6.07, 6.45) is 4.14. The van der Waals surface area contributed by atoms with E-state index in [-0.39, 0.29) is 35.6 Å². The molecule has 1 aromatic carbocycles. The number of rotatable bonds is 3. The number of fused-ring (bicyclic) bond motifs is 1. The van der Waals surface area contributed by atoms with Crippen molar-refractivity contribution in [2.24, 2.45) is 0 Å². The number of halogens is 1. The van der Waals surface area contributed by atoms with Crippen molar-refractivity contribution in [2.75, 3.05) is 33.7 Å². The third-order valence-corrected chi connectivity index (χ3v) is 5.98. The van der Waals surface area contributed by atoms with Crippen LogP contribution >= 0.6 is 0 Å². The van der Waals surface area contributed by atoms with Crippen molar-refractivity contribution >= 4 is 11.8 Å². The molecule has 0 bridgehead atoms. The van der Waals surface area contributed by atoms with Crippen molar-refractivity contribution in [1.82, 2.24) is 14.7 Å². The summed E-state index contributed by atoms with van der Waals surface area (Å²) in [5.41, 5.74) is 0.914. The molecule has 2 saturated heterocycles. The first-order valence-electron chi connectivity index (χ1n) is 9.85. The Morgan fingerprint density at radius 2 is 2.00 bits per heavy atom. The molecule has 2 heterocycles. The van der Waals surface area contributed by atoms with Gasteiger partial charge >= 0.3 is 0 Å². The molecule has 0 unspecified atom stereocenters. The molecule has 148 valence electrons. The minimum atomic E-state index is -0.257. The van der Waals surface area contributed by atoms with Crippen LogP contribution in [-0.2, 0) is 9.59 Å². The first-order chi connectivity index (χ1) is 12.9. The molecule has 27 heavy (non-hydrogen) atoms. The van der Waals surface area contributed by atoms with Crippen molar-refractivity contribution in [1.29, 1.82) is 0 Å². The first-order valence-corrected chi connectivity index (χ1v) is 9.85. The lowest BCUT2D eigenvalue weighted by atomic mass is 9.86. The quantitative estimate of drug-likeness (QED) is 0.815. The molecule has 6 heteroatoms. The fraction of sp³-hybridized carbons (Fsp3) is 0.619. The van der Waals surface area contributed by atoms with Gasteiger partial charge in [0.2, 0.25) is 11.8 Å². The Morgan fingerprint density at radius 3 is 2.67 bits per heavy atom. The predicted molar refractivity (Wildman–Crippen MR) is 103 cm³/mol. The zero-order valence-corrected chi connectivity index (χ0v) is 16.5. The number of amides is 2. The van der Waals surface area contributed by atoms with E-state index in [9.17, 15) is 14.0 Å². The summed E-state index contributed by atoms with van der Waals surface area (Å²) in [4.78, 5) is 30.6. The van der Waals surface area contributed by atoms with Gasteiger partial charge in [-0.15, -0.1) is 0 Å². The summed E-state index contributed by atoms with van der Waals surface area (Å²) < 4.78 is 13.9. The van der Waals surface area contributed by atoms with E-state index < -0.39 is 0 Å². The number of hydrogen-bond acceptors (Lipinski definition) is 3. The van der Waals surface area contributed by atoms with Gasteiger partial charge in [-0.05, 0) is 30.5 Å². The number of likely N-dealkylation sites (N-methyl/N-ethyl adjacent to an activating group) is 1. The van der Waals surface area contributed by atoms with Crippen LogP contribution in [0.4, 0.5) is 4.39 Å². The van der Waals surface area contributed by atoms with Crippen molar-refractivity contribution in [3.8, 4) is 0 Å². The average molecular weight is 375 g/mol. The smallest absolute Gasteiger partial charge is 0.236 e. The standard InChI is InChI=1S/C21H30FN3O2/c1-15(26)25-11-6-4-5-10-19-21(25)18(16-8-7-9-17(22)12-16)13-24(19)14-20(27)23(2)3/h7-9,12,18-19,21H,4-6,10-11,13-14H2,1-3H3/t18-,19+,21-/m0/s1. The van der Waals surface area contributed by atoms with E-state index in [2.05, 4.69) is 4.90 Å². The molecule has 2 amide bonds. The molecule has 0 N–H and O–H groups in total. The van der Waals surface area contributed by atoms with Crippen LogP contribution in [0.25, 0.3) is 0 Å². The van der Waals surface area contributed by atoms with Crippen LogP contribution in [0.3, 0.4) is 0 Å². The molecule has 5 nitrogen and oxygen atoms in total. The van der Waals surface area contributed by atoms with Crippen LogP contribution in [-0.4, -0.2) is 72.3 Å². The molecule has 0 radical (unpaired) electrons. The van der Waals surface area contributed by atoms with Crippen LogP contribution in [0.15, 0.2) is 24.3 Å². The second-order valence-electron chi connectivity index (χ2n) is 8.00. The maximum absolute atomic E-state index is 13.9. The summed E-state index contributed by atoms with van der Waals surface area (Å²) in [6.45, 7) is 3.36. The van der Waals surface area contributed by atoms with E-state index in [1.54, 1.807) is 38.1 Å². The molecule has 1 aromatic rings. The molecule has 3 atom stereocenters. The first kappa shape index (κ1) is 19.8. The Labute approximate surface area is 161 Å². The number of carbonyl (C=O) groups is 2. The lowest BCUT2D eigenvalue weighted by molar-refractivity contribution is -0.132. The molecular formula is C21H30FN3O2. The highest BCUT2D eigenvalue weighted by molar-refractivity contribution is 5.78. The van der Waals surface area contributed by atoms with Gasteiger partial charge in [-0.3, -0.25) is 14.5 Å². The van der Waals surface area contributed by atoms with E-state index in [0.717, 1.165) is 37.8 Å². The largest absolute Gasteiger partial charge is 0.348 e. The van der Waals surface area contributed by atoms with Gasteiger partial charge in [0.15, 0.2) is 0 Å². The van der Waals surface area contributed by atoms with E-state index in [1.807, 2.05) is 11.0 Å². The van der Waals surface area contributed by atoms with Gasteiger partial charge in [0.05, 0.1) is 12.6 Å². The number of hydrogen-bond donors (Lipinski definition) is 0. The second kappa shape index (κ2) is 8.38. The molecule has 0 aromatic heterocycles. The zero-order valence-electron chi connectivity index (χ0n) is 16.5. The minimum Gasteiger partial charge on any atom is -0.348 e. The topological polar surface area (TPSA) is 43.9 Å². The molecule has 2 aliphatic rings. The number of carbonyl (C=O) groups excluding carboxylic acids is 2. The molecule has 3 rings (SSSR count). The summed E-state index contributed by atoms with van der Waals surface area (Å²) in [7, 11) is 3.53. The Balaban J connectivity index is 1.97. The van der Waals surface area contributed by atoms with Crippen molar-refractivity contribution in [3.05, 3.63) is 35.6 Å². The van der Waals surface area contributed by atoms with Gasteiger partial charge in [0, 0.05) is 46.1 Å². The minimum absolute atomic E-state index is 0.0143. The van der Waals surface area contributed by atoms with Crippen LogP contribution in [0.5, 0.6) is 0 Å². The van der Waals surface area contributed by atoms with Crippen LogP contribution in [0.2, 0.25) is 0 Å². The fourth-order valence-corrected chi connectivity index (χ4v) is 4.62. The van der Waals surface area contributed by atoms with Crippen LogP contribution in [0, 0.1) is 5.82 Å². The fourth-order valence-electron chi connectivity index (χ4n) is 4.62. The third-order valence-electron chi connectivity index (χ3n) is 5.98. The van der Waals surface area contributed by atoms with Gasteiger partial charge in [0.1, 0.15) is 5.82 Å². The zero-order chi connectivity index (χ0) is 19.6. The monoisotopic (exact) mass is 375 g/mol. The van der Waals surface area contributed by atoms with Gasteiger partial charge in [-0.2, -0.15) is 0 Å². The van der Waals surface area contributed by atoms with E-state index in [0.29, 0.717) is 13.1 Å². The summed E-state index contributed by atoms with van der Waals surface area (Å²) >= 11 is 0. The maximum Gasteiger partial charge on any atom is 0.236 e. The Kier molecular flexibility index (Phi) is 6.15. The maximum atomic E-state index is 13.9. The number of nitrogens with zero attached hydrogens (tertiary/aromatic N) is 3. The Bertz CT molecular complexity index is 694. The van der Waals surface area contributed by atoms with Crippen LogP contribution < -0.4 is 0 Å². The highest BCUT2D eigenvalue weighted by Gasteiger charge is 2.46. The highest BCUT2D eigenvalue weighted by Crippen LogP contribution is 2.39. The van der Waals surface area contributed by atoms with Crippen molar-refractivity contribution < 1.29 is 14.0 Å². The van der Waals surface area contributed by atoms with Gasteiger partial charge in [-0.25, -0.2) is 4.39 Å². The molecule has 2 fully saturated rings. The van der Waals surface area contributed by atoms with E-state index >= 15 is 0 Å². The summed E-state index contributed by atoms with van der Waals surface area (Å²) in [5, 5.41) is 0. The SMILES string of the molecule is CC(=O)N1CCCCC[C@@H]2[C@@H]1[C@H](c1cccc(F)c1)CN2CC(=O)N(C)C. The predicted octanol–water partition coefficient (Wildman–Crippen LogP) is 2.47. The summed E-state index contributed by atoms with van der Waals surface area (Å²) in [5.74, 6) is -0.117.